The van der Waals surface area contributed by atoms with E-state index < -0.39 is 5.97 Å². The van der Waals surface area contributed by atoms with E-state index in [9.17, 15) is 9.59 Å². The van der Waals surface area contributed by atoms with Gasteiger partial charge in [0.1, 0.15) is 5.75 Å². The quantitative estimate of drug-likeness (QED) is 0.905. The summed E-state index contributed by atoms with van der Waals surface area (Å²) in [5, 5.41) is 9.12. The molecule has 0 spiro atoms. The third kappa shape index (κ3) is 3.05. The van der Waals surface area contributed by atoms with Crippen molar-refractivity contribution in [2.45, 2.75) is 32.8 Å². The lowest BCUT2D eigenvalue weighted by atomic mass is 10.1. The number of carbonyl (C=O) groups excluding carboxylic acids is 1. The van der Waals surface area contributed by atoms with E-state index in [1.807, 2.05) is 13.8 Å². The number of ether oxygens (including phenoxy) is 1. The highest BCUT2D eigenvalue weighted by Gasteiger charge is 2.23. The zero-order valence-corrected chi connectivity index (χ0v) is 11.0. The van der Waals surface area contributed by atoms with Crippen molar-refractivity contribution in [1.82, 2.24) is 0 Å². The van der Waals surface area contributed by atoms with Crippen LogP contribution >= 0.6 is 0 Å². The highest BCUT2D eigenvalue weighted by molar-refractivity contribution is 5.97. The fourth-order valence-corrected chi connectivity index (χ4v) is 2.12. The molecule has 2 rings (SSSR count). The van der Waals surface area contributed by atoms with Crippen molar-refractivity contribution in [3.63, 3.8) is 0 Å². The van der Waals surface area contributed by atoms with Gasteiger partial charge in [-0.2, -0.15) is 0 Å². The Morgan fingerprint density at radius 3 is 2.63 bits per heavy atom. The van der Waals surface area contributed by atoms with Crippen LogP contribution in [0.15, 0.2) is 18.2 Å². The Hall–Kier alpha value is -2.04. The average Bonchev–Trinajstić information content (AvgIpc) is 2.74. The Kier molecular flexibility index (Phi) is 3.74. The first-order valence-electron chi connectivity index (χ1n) is 6.33. The second-order valence-corrected chi connectivity index (χ2v) is 4.84. The van der Waals surface area contributed by atoms with Crippen molar-refractivity contribution >= 4 is 17.6 Å². The average molecular weight is 263 g/mol. The zero-order valence-electron chi connectivity index (χ0n) is 11.0. The molecule has 1 N–H and O–H groups in total. The topological polar surface area (TPSA) is 66.8 Å². The van der Waals surface area contributed by atoms with Crippen LogP contribution in [0, 0.1) is 0 Å². The molecule has 0 bridgehead atoms. The molecule has 19 heavy (non-hydrogen) atoms. The molecule has 5 heteroatoms. The number of nitrogens with zero attached hydrogens (tertiary/aromatic N) is 1. The first kappa shape index (κ1) is 13.4. The molecule has 1 aliphatic rings. The van der Waals surface area contributed by atoms with Crippen LogP contribution in [0.25, 0.3) is 0 Å². The molecule has 1 aromatic carbocycles. The molecular weight excluding hydrogens is 246 g/mol. The van der Waals surface area contributed by atoms with Gasteiger partial charge in [-0.05, 0) is 32.4 Å². The molecule has 5 nitrogen and oxygen atoms in total. The van der Waals surface area contributed by atoms with Gasteiger partial charge in [0, 0.05) is 24.7 Å². The minimum atomic E-state index is -1.03. The standard InChI is InChI=1S/C14H17NO4/c1-9(2)19-12-7-10(14(17)18)6-11(8-12)15-5-3-4-13(15)16/h6-9H,3-5H2,1-2H3,(H,17,18). The molecule has 0 saturated carbocycles. The third-order valence-electron chi connectivity index (χ3n) is 2.90. The maximum Gasteiger partial charge on any atom is 0.335 e. The minimum Gasteiger partial charge on any atom is -0.491 e. The number of hydrogen-bond acceptors (Lipinski definition) is 3. The molecule has 1 heterocycles. The lowest BCUT2D eigenvalue weighted by Gasteiger charge is -2.18. The summed E-state index contributed by atoms with van der Waals surface area (Å²) in [5.74, 6) is -0.523. The summed E-state index contributed by atoms with van der Waals surface area (Å²) in [4.78, 5) is 24.5. The Morgan fingerprint density at radius 2 is 2.11 bits per heavy atom. The molecule has 0 aliphatic carbocycles. The molecule has 1 amide bonds. The molecule has 1 saturated heterocycles. The summed E-state index contributed by atoms with van der Waals surface area (Å²) in [6, 6.07) is 4.71. The smallest absolute Gasteiger partial charge is 0.335 e. The fourth-order valence-electron chi connectivity index (χ4n) is 2.12. The summed E-state index contributed by atoms with van der Waals surface area (Å²) < 4.78 is 5.54. The van der Waals surface area contributed by atoms with Crippen LogP contribution in [-0.2, 0) is 4.79 Å². The third-order valence-corrected chi connectivity index (χ3v) is 2.90. The van der Waals surface area contributed by atoms with Gasteiger partial charge in [0.25, 0.3) is 0 Å². The maximum atomic E-state index is 11.7. The monoisotopic (exact) mass is 263 g/mol. The van der Waals surface area contributed by atoms with Crippen molar-refractivity contribution in [3.05, 3.63) is 23.8 Å². The summed E-state index contributed by atoms with van der Waals surface area (Å²) in [7, 11) is 0. The second kappa shape index (κ2) is 5.30. The number of anilines is 1. The predicted octanol–water partition coefficient (Wildman–Crippen LogP) is 2.30. The fraction of sp³-hybridized carbons (Fsp3) is 0.429. The van der Waals surface area contributed by atoms with Crippen LogP contribution in [0.4, 0.5) is 5.69 Å². The molecule has 1 aliphatic heterocycles. The van der Waals surface area contributed by atoms with E-state index in [1.54, 1.807) is 11.0 Å². The summed E-state index contributed by atoms with van der Waals surface area (Å²) in [6.07, 6.45) is 1.26. The lowest BCUT2D eigenvalue weighted by Crippen LogP contribution is -2.24. The van der Waals surface area contributed by atoms with Crippen LogP contribution in [-0.4, -0.2) is 29.6 Å². The number of benzene rings is 1. The minimum absolute atomic E-state index is 0.0260. The molecule has 0 radical (unpaired) electrons. The van der Waals surface area contributed by atoms with Gasteiger partial charge in [-0.1, -0.05) is 0 Å². The molecular formula is C14H17NO4. The van der Waals surface area contributed by atoms with E-state index in [4.69, 9.17) is 9.84 Å². The van der Waals surface area contributed by atoms with Crippen molar-refractivity contribution in [1.29, 1.82) is 0 Å². The number of carboxylic acids is 1. The summed E-state index contributed by atoms with van der Waals surface area (Å²) in [6.45, 7) is 4.37. The maximum absolute atomic E-state index is 11.7. The van der Waals surface area contributed by atoms with E-state index in [1.165, 1.54) is 12.1 Å². The number of hydrogen-bond donors (Lipinski definition) is 1. The highest BCUT2D eigenvalue weighted by atomic mass is 16.5. The van der Waals surface area contributed by atoms with Crippen LogP contribution in [0.1, 0.15) is 37.0 Å². The Balaban J connectivity index is 2.39. The van der Waals surface area contributed by atoms with Crippen LogP contribution < -0.4 is 9.64 Å². The lowest BCUT2D eigenvalue weighted by molar-refractivity contribution is -0.117. The molecule has 1 fully saturated rings. The summed E-state index contributed by atoms with van der Waals surface area (Å²) >= 11 is 0. The normalized spacial score (nSPS) is 15.1. The zero-order chi connectivity index (χ0) is 14.0. The Morgan fingerprint density at radius 1 is 1.37 bits per heavy atom. The number of carboxylic acid groups (broad SMARTS) is 1. The van der Waals surface area contributed by atoms with Crippen molar-refractivity contribution in [3.8, 4) is 5.75 Å². The van der Waals surface area contributed by atoms with Gasteiger partial charge in [0.05, 0.1) is 11.7 Å². The molecule has 0 unspecified atom stereocenters. The van der Waals surface area contributed by atoms with E-state index in [0.717, 1.165) is 6.42 Å². The highest BCUT2D eigenvalue weighted by Crippen LogP contribution is 2.28. The number of aromatic carboxylic acids is 1. The van der Waals surface area contributed by atoms with E-state index in [0.29, 0.717) is 24.4 Å². The van der Waals surface area contributed by atoms with Crippen molar-refractivity contribution in [2.75, 3.05) is 11.4 Å². The summed E-state index contributed by atoms with van der Waals surface area (Å²) in [5.41, 5.74) is 0.728. The van der Waals surface area contributed by atoms with Gasteiger partial charge in [0.15, 0.2) is 0 Å². The predicted molar refractivity (Wildman–Crippen MR) is 70.8 cm³/mol. The first-order valence-corrected chi connectivity index (χ1v) is 6.33. The van der Waals surface area contributed by atoms with E-state index in [2.05, 4.69) is 0 Å². The molecule has 0 aromatic heterocycles. The number of carbonyl (C=O) groups is 2. The van der Waals surface area contributed by atoms with Crippen LogP contribution in [0.3, 0.4) is 0 Å². The van der Waals surface area contributed by atoms with Gasteiger partial charge in [-0.15, -0.1) is 0 Å². The van der Waals surface area contributed by atoms with Gasteiger partial charge in [-0.25, -0.2) is 4.79 Å². The molecule has 1 aromatic rings. The first-order chi connectivity index (χ1) is 8.97. The largest absolute Gasteiger partial charge is 0.491 e. The van der Waals surface area contributed by atoms with Gasteiger partial charge in [-0.3, -0.25) is 4.79 Å². The van der Waals surface area contributed by atoms with Crippen molar-refractivity contribution in [2.24, 2.45) is 0 Å². The second-order valence-electron chi connectivity index (χ2n) is 4.84. The SMILES string of the molecule is CC(C)Oc1cc(C(=O)O)cc(N2CCCC2=O)c1. The Bertz CT molecular complexity index is 510. The van der Waals surface area contributed by atoms with Crippen LogP contribution in [0.5, 0.6) is 5.75 Å². The Labute approximate surface area is 111 Å². The van der Waals surface area contributed by atoms with E-state index >= 15 is 0 Å². The van der Waals surface area contributed by atoms with Gasteiger partial charge >= 0.3 is 5.97 Å². The van der Waals surface area contributed by atoms with E-state index in [-0.39, 0.29) is 17.6 Å². The van der Waals surface area contributed by atoms with Gasteiger partial charge in [0.2, 0.25) is 5.91 Å². The molecule has 0 atom stereocenters. The number of rotatable bonds is 4. The van der Waals surface area contributed by atoms with Crippen LogP contribution in [0.2, 0.25) is 0 Å². The van der Waals surface area contributed by atoms with Crippen molar-refractivity contribution < 1.29 is 19.4 Å². The van der Waals surface area contributed by atoms with Gasteiger partial charge < -0.3 is 14.7 Å². The molecule has 102 valence electrons. The number of amides is 1.